The fourth-order valence-electron chi connectivity index (χ4n) is 1.94. The lowest BCUT2D eigenvalue weighted by Crippen LogP contribution is -2.34. The second kappa shape index (κ2) is 5.61. The Balaban J connectivity index is 2.16. The van der Waals surface area contributed by atoms with Crippen LogP contribution in [0.1, 0.15) is 24.2 Å². The van der Waals surface area contributed by atoms with Crippen molar-refractivity contribution in [1.29, 1.82) is 5.26 Å². The lowest BCUT2D eigenvalue weighted by molar-refractivity contribution is 0.0752. The van der Waals surface area contributed by atoms with Crippen LogP contribution in [0.25, 0.3) is 0 Å². The Kier molecular flexibility index (Phi) is 3.91. The molecule has 5 heteroatoms. The molecule has 1 aliphatic rings. The minimum absolute atomic E-state index is 0.0945. The van der Waals surface area contributed by atoms with E-state index < -0.39 is 0 Å². The molecule has 100 valence electrons. The molecule has 1 aromatic rings. The molecule has 0 radical (unpaired) electrons. The molecule has 1 aromatic carbocycles. The van der Waals surface area contributed by atoms with Crippen LogP contribution < -0.4 is 9.47 Å². The van der Waals surface area contributed by atoms with Crippen molar-refractivity contribution >= 4 is 5.91 Å². The molecular formula is C14H16N2O3. The molecule has 0 saturated carbocycles. The first-order valence-electron chi connectivity index (χ1n) is 6.24. The van der Waals surface area contributed by atoms with E-state index >= 15 is 0 Å². The zero-order valence-electron chi connectivity index (χ0n) is 11.0. The highest BCUT2D eigenvalue weighted by Gasteiger charge is 2.20. The van der Waals surface area contributed by atoms with Gasteiger partial charge in [-0.15, -0.1) is 0 Å². The lowest BCUT2D eigenvalue weighted by atomic mass is 10.1. The maximum Gasteiger partial charge on any atom is 0.254 e. The van der Waals surface area contributed by atoms with Gasteiger partial charge in [0.25, 0.3) is 5.91 Å². The van der Waals surface area contributed by atoms with E-state index in [4.69, 9.17) is 14.7 Å². The molecule has 0 aliphatic carbocycles. The van der Waals surface area contributed by atoms with E-state index in [0.29, 0.717) is 30.2 Å². The topological polar surface area (TPSA) is 62.6 Å². The number of nitriles is 1. The third-order valence-electron chi connectivity index (χ3n) is 3.00. The zero-order chi connectivity index (χ0) is 13.8. The number of fused-ring (bicyclic) bond motifs is 1. The van der Waals surface area contributed by atoms with Crippen molar-refractivity contribution in [3.05, 3.63) is 23.8 Å². The summed E-state index contributed by atoms with van der Waals surface area (Å²) in [6, 6.07) is 7.28. The highest BCUT2D eigenvalue weighted by Crippen LogP contribution is 2.32. The van der Waals surface area contributed by atoms with Gasteiger partial charge >= 0.3 is 0 Å². The normalized spacial score (nSPS) is 13.7. The standard InChI is InChI=1S/C14H16N2O3/c1-3-16(8-10(2)7-15)14(17)11-4-5-12-13(6-11)19-9-18-12/h4-6,10H,3,8-9H2,1-2H3. The summed E-state index contributed by atoms with van der Waals surface area (Å²) in [5.41, 5.74) is 0.552. The maximum atomic E-state index is 12.3. The third kappa shape index (κ3) is 2.79. The molecule has 0 N–H and O–H groups in total. The van der Waals surface area contributed by atoms with Gasteiger partial charge in [-0.2, -0.15) is 5.26 Å². The average Bonchev–Trinajstić information content (AvgIpc) is 2.90. The zero-order valence-corrected chi connectivity index (χ0v) is 11.0. The van der Waals surface area contributed by atoms with E-state index in [9.17, 15) is 4.79 Å². The van der Waals surface area contributed by atoms with Gasteiger partial charge in [0.2, 0.25) is 6.79 Å². The van der Waals surface area contributed by atoms with Crippen LogP contribution in [0.4, 0.5) is 0 Å². The van der Waals surface area contributed by atoms with Gasteiger partial charge in [-0.3, -0.25) is 4.79 Å². The first-order chi connectivity index (χ1) is 9.15. The SMILES string of the molecule is CCN(CC(C)C#N)C(=O)c1ccc2c(c1)OCO2. The average molecular weight is 260 g/mol. The molecule has 0 bridgehead atoms. The van der Waals surface area contributed by atoms with Crippen LogP contribution in [0.3, 0.4) is 0 Å². The number of rotatable bonds is 4. The van der Waals surface area contributed by atoms with Crippen LogP contribution in [-0.4, -0.2) is 30.7 Å². The molecule has 2 rings (SSSR count). The molecule has 19 heavy (non-hydrogen) atoms. The van der Waals surface area contributed by atoms with Gasteiger partial charge in [0.1, 0.15) is 0 Å². The minimum atomic E-state index is -0.182. The summed E-state index contributed by atoms with van der Waals surface area (Å²) < 4.78 is 10.5. The summed E-state index contributed by atoms with van der Waals surface area (Å²) in [5.74, 6) is 0.973. The summed E-state index contributed by atoms with van der Waals surface area (Å²) in [4.78, 5) is 14.0. The van der Waals surface area contributed by atoms with Crippen LogP contribution in [0.2, 0.25) is 0 Å². The number of hydrogen-bond donors (Lipinski definition) is 0. The molecule has 1 aliphatic heterocycles. The predicted molar refractivity (Wildman–Crippen MR) is 68.9 cm³/mol. The number of hydrogen-bond acceptors (Lipinski definition) is 4. The number of benzene rings is 1. The summed E-state index contributed by atoms with van der Waals surface area (Å²) in [7, 11) is 0. The van der Waals surface area contributed by atoms with Gasteiger partial charge in [0.05, 0.1) is 12.0 Å². The van der Waals surface area contributed by atoms with Crippen molar-refractivity contribution in [1.82, 2.24) is 4.90 Å². The van der Waals surface area contributed by atoms with Crippen LogP contribution in [-0.2, 0) is 0 Å². The fourth-order valence-corrected chi connectivity index (χ4v) is 1.94. The number of carbonyl (C=O) groups is 1. The van der Waals surface area contributed by atoms with E-state index in [2.05, 4.69) is 6.07 Å². The van der Waals surface area contributed by atoms with Crippen LogP contribution >= 0.6 is 0 Å². The largest absolute Gasteiger partial charge is 0.454 e. The van der Waals surface area contributed by atoms with Gasteiger partial charge in [0, 0.05) is 18.7 Å². The van der Waals surface area contributed by atoms with Gasteiger partial charge in [-0.05, 0) is 32.0 Å². The fraction of sp³-hybridized carbons (Fsp3) is 0.429. The van der Waals surface area contributed by atoms with Gasteiger partial charge < -0.3 is 14.4 Å². The second-order valence-electron chi connectivity index (χ2n) is 4.44. The van der Waals surface area contributed by atoms with Crippen LogP contribution in [0.5, 0.6) is 11.5 Å². The third-order valence-corrected chi connectivity index (χ3v) is 3.00. The number of ether oxygens (including phenoxy) is 2. The quantitative estimate of drug-likeness (QED) is 0.831. The lowest BCUT2D eigenvalue weighted by Gasteiger charge is -2.22. The summed E-state index contributed by atoms with van der Waals surface area (Å²) in [6.07, 6.45) is 0. The molecule has 0 spiro atoms. The number of nitrogens with zero attached hydrogens (tertiary/aromatic N) is 2. The van der Waals surface area contributed by atoms with Crippen molar-refractivity contribution in [2.45, 2.75) is 13.8 Å². The van der Waals surface area contributed by atoms with Crippen molar-refractivity contribution < 1.29 is 14.3 Å². The van der Waals surface area contributed by atoms with E-state index in [1.54, 1.807) is 30.0 Å². The number of carbonyl (C=O) groups excluding carboxylic acids is 1. The van der Waals surface area contributed by atoms with Gasteiger partial charge in [0.15, 0.2) is 11.5 Å². The molecule has 5 nitrogen and oxygen atoms in total. The Morgan fingerprint density at radius 2 is 2.21 bits per heavy atom. The van der Waals surface area contributed by atoms with Crippen LogP contribution in [0, 0.1) is 17.2 Å². The highest BCUT2D eigenvalue weighted by atomic mass is 16.7. The number of amides is 1. The Morgan fingerprint density at radius 3 is 2.89 bits per heavy atom. The molecule has 1 amide bonds. The molecule has 1 heterocycles. The second-order valence-corrected chi connectivity index (χ2v) is 4.44. The first kappa shape index (κ1) is 13.2. The van der Waals surface area contributed by atoms with Gasteiger partial charge in [-0.1, -0.05) is 0 Å². The molecule has 0 fully saturated rings. The minimum Gasteiger partial charge on any atom is -0.454 e. The molecule has 0 aromatic heterocycles. The Hall–Kier alpha value is -2.22. The first-order valence-corrected chi connectivity index (χ1v) is 6.24. The van der Waals surface area contributed by atoms with Crippen molar-refractivity contribution in [2.24, 2.45) is 5.92 Å². The van der Waals surface area contributed by atoms with E-state index in [1.807, 2.05) is 6.92 Å². The summed E-state index contributed by atoms with van der Waals surface area (Å²) >= 11 is 0. The molecule has 1 atom stereocenters. The van der Waals surface area contributed by atoms with E-state index in [0.717, 1.165) is 0 Å². The van der Waals surface area contributed by atoms with Crippen LogP contribution in [0.15, 0.2) is 18.2 Å². The summed E-state index contributed by atoms with van der Waals surface area (Å²) in [6.45, 7) is 4.89. The summed E-state index contributed by atoms with van der Waals surface area (Å²) in [5, 5.41) is 8.83. The Morgan fingerprint density at radius 1 is 1.47 bits per heavy atom. The maximum absolute atomic E-state index is 12.3. The van der Waals surface area contributed by atoms with E-state index in [-0.39, 0.29) is 18.6 Å². The highest BCUT2D eigenvalue weighted by molar-refractivity contribution is 5.95. The van der Waals surface area contributed by atoms with Crippen molar-refractivity contribution in [3.63, 3.8) is 0 Å². The molecule has 1 unspecified atom stereocenters. The van der Waals surface area contributed by atoms with Crippen molar-refractivity contribution in [3.8, 4) is 17.6 Å². The molecule has 0 saturated heterocycles. The Labute approximate surface area is 112 Å². The van der Waals surface area contributed by atoms with Crippen molar-refractivity contribution in [2.75, 3.05) is 19.9 Å². The smallest absolute Gasteiger partial charge is 0.254 e. The van der Waals surface area contributed by atoms with E-state index in [1.165, 1.54) is 0 Å². The molecular weight excluding hydrogens is 244 g/mol. The predicted octanol–water partition coefficient (Wildman–Crippen LogP) is 2.04. The monoisotopic (exact) mass is 260 g/mol. The Bertz CT molecular complexity index is 522. The van der Waals surface area contributed by atoms with Gasteiger partial charge in [-0.25, -0.2) is 0 Å².